The zero-order chi connectivity index (χ0) is 21.3. The topological polar surface area (TPSA) is 29.5 Å². The normalized spacial score (nSPS) is 14.9. The summed E-state index contributed by atoms with van der Waals surface area (Å²) in [4.78, 5) is 15.3. The summed E-state index contributed by atoms with van der Waals surface area (Å²) < 4.78 is 6.16. The highest BCUT2D eigenvalue weighted by Gasteiger charge is 2.31. The van der Waals surface area contributed by atoms with Gasteiger partial charge in [-0.2, -0.15) is 0 Å². The van der Waals surface area contributed by atoms with E-state index >= 15 is 0 Å². The zero-order valence-electron chi connectivity index (χ0n) is 17.1. The highest BCUT2D eigenvalue weighted by Crippen LogP contribution is 2.37. The quantitative estimate of drug-likeness (QED) is 0.414. The van der Waals surface area contributed by atoms with E-state index in [1.165, 1.54) is 5.56 Å². The summed E-state index contributed by atoms with van der Waals surface area (Å²) in [6.45, 7) is 4.10. The van der Waals surface area contributed by atoms with Crippen molar-refractivity contribution in [2.75, 3.05) is 12.0 Å². The fraction of sp³-hybridized carbons (Fsp3) is 0.115. The van der Waals surface area contributed by atoms with Crippen LogP contribution in [0.2, 0.25) is 0 Å². The molecule has 0 saturated carbocycles. The van der Waals surface area contributed by atoms with E-state index in [9.17, 15) is 4.79 Å². The molecule has 0 spiro atoms. The molecular weight excluding hydrogens is 438 g/mol. The van der Waals surface area contributed by atoms with Gasteiger partial charge in [0.1, 0.15) is 5.75 Å². The Morgan fingerprint density at radius 1 is 0.967 bits per heavy atom. The van der Waals surface area contributed by atoms with E-state index in [0.717, 1.165) is 38.3 Å². The van der Waals surface area contributed by atoms with Crippen LogP contribution in [0.4, 0.5) is 5.69 Å². The number of halogens is 1. The SMILES string of the molecule is COc1ccc(/C=C2/C=C(c3ccccc3)N(c3ccc(C)cc3C)C2=O)cc1Br. The highest BCUT2D eigenvalue weighted by molar-refractivity contribution is 9.10. The van der Waals surface area contributed by atoms with Crippen molar-refractivity contribution < 1.29 is 9.53 Å². The van der Waals surface area contributed by atoms with Gasteiger partial charge in [0.2, 0.25) is 0 Å². The summed E-state index contributed by atoms with van der Waals surface area (Å²) in [6.07, 6.45) is 3.88. The molecule has 3 aromatic carbocycles. The lowest BCUT2D eigenvalue weighted by Crippen LogP contribution is -2.25. The Kier molecular flexibility index (Phi) is 5.60. The molecule has 0 unspecified atom stereocenters. The van der Waals surface area contributed by atoms with Gasteiger partial charge < -0.3 is 4.74 Å². The monoisotopic (exact) mass is 459 g/mol. The van der Waals surface area contributed by atoms with Gasteiger partial charge in [-0.15, -0.1) is 0 Å². The Hall–Kier alpha value is -3.11. The van der Waals surface area contributed by atoms with Crippen molar-refractivity contribution in [2.24, 2.45) is 0 Å². The molecule has 30 heavy (non-hydrogen) atoms. The first-order valence-electron chi connectivity index (χ1n) is 9.72. The van der Waals surface area contributed by atoms with E-state index in [0.29, 0.717) is 5.57 Å². The number of hydrogen-bond acceptors (Lipinski definition) is 2. The molecule has 3 aromatic rings. The number of anilines is 1. The van der Waals surface area contributed by atoms with Crippen molar-refractivity contribution in [1.29, 1.82) is 0 Å². The Bertz CT molecular complexity index is 1180. The Balaban J connectivity index is 1.82. The zero-order valence-corrected chi connectivity index (χ0v) is 18.7. The summed E-state index contributed by atoms with van der Waals surface area (Å²) >= 11 is 3.52. The van der Waals surface area contributed by atoms with Gasteiger partial charge in [0, 0.05) is 5.57 Å². The van der Waals surface area contributed by atoms with Crippen LogP contribution < -0.4 is 9.64 Å². The van der Waals surface area contributed by atoms with Gasteiger partial charge in [0.05, 0.1) is 23.0 Å². The number of carbonyl (C=O) groups is 1. The number of rotatable bonds is 4. The highest BCUT2D eigenvalue weighted by atomic mass is 79.9. The minimum absolute atomic E-state index is 0.0345. The van der Waals surface area contributed by atoms with Crippen molar-refractivity contribution in [2.45, 2.75) is 13.8 Å². The van der Waals surface area contributed by atoms with Crippen LogP contribution in [0.5, 0.6) is 5.75 Å². The van der Waals surface area contributed by atoms with Crippen LogP contribution in [0.3, 0.4) is 0 Å². The van der Waals surface area contributed by atoms with Crippen molar-refractivity contribution in [1.82, 2.24) is 0 Å². The van der Waals surface area contributed by atoms with Gasteiger partial charge in [0.15, 0.2) is 0 Å². The molecule has 0 aromatic heterocycles. The third-order valence-corrected chi connectivity index (χ3v) is 5.76. The van der Waals surface area contributed by atoms with Crippen molar-refractivity contribution in [3.05, 3.63) is 105 Å². The molecule has 0 aliphatic carbocycles. The lowest BCUT2D eigenvalue weighted by Gasteiger charge is -2.23. The summed E-state index contributed by atoms with van der Waals surface area (Å²) in [6, 6.07) is 22.0. The molecule has 1 aliphatic rings. The molecule has 0 N–H and O–H groups in total. The second kappa shape index (κ2) is 8.33. The standard InChI is InChI=1S/C26H22BrNO2/c1-17-9-11-23(18(2)13-17)28-24(20-7-5-4-6-8-20)16-21(26(28)29)14-19-10-12-25(30-3)22(27)15-19/h4-16H,1-3H3/b21-14-. The molecule has 0 saturated heterocycles. The van der Waals surface area contributed by atoms with Crippen molar-refractivity contribution >= 4 is 39.3 Å². The van der Waals surface area contributed by atoms with Gasteiger partial charge >= 0.3 is 0 Å². The predicted octanol–water partition coefficient (Wildman–Crippen LogP) is 6.55. The Morgan fingerprint density at radius 2 is 1.73 bits per heavy atom. The van der Waals surface area contributed by atoms with E-state index in [-0.39, 0.29) is 5.91 Å². The minimum Gasteiger partial charge on any atom is -0.496 e. The van der Waals surface area contributed by atoms with Gasteiger partial charge in [-0.3, -0.25) is 9.69 Å². The molecule has 0 atom stereocenters. The lowest BCUT2D eigenvalue weighted by molar-refractivity contribution is -0.113. The summed E-state index contributed by atoms with van der Waals surface area (Å²) in [5.41, 5.74) is 6.60. The molecular formula is C26H22BrNO2. The third-order valence-electron chi connectivity index (χ3n) is 5.14. The largest absolute Gasteiger partial charge is 0.496 e. The maximum absolute atomic E-state index is 13.5. The van der Waals surface area contributed by atoms with Crippen LogP contribution in [0.25, 0.3) is 11.8 Å². The molecule has 1 aliphatic heterocycles. The van der Waals surface area contributed by atoms with E-state index in [2.05, 4.69) is 28.9 Å². The van der Waals surface area contributed by atoms with Crippen molar-refractivity contribution in [3.63, 3.8) is 0 Å². The molecule has 0 radical (unpaired) electrons. The average Bonchev–Trinajstić information content (AvgIpc) is 3.05. The van der Waals surface area contributed by atoms with Crippen LogP contribution in [-0.2, 0) is 4.79 Å². The van der Waals surface area contributed by atoms with E-state index in [1.54, 1.807) is 7.11 Å². The number of benzene rings is 3. The van der Waals surface area contributed by atoms with Crippen LogP contribution in [-0.4, -0.2) is 13.0 Å². The smallest absolute Gasteiger partial charge is 0.262 e. The van der Waals surface area contributed by atoms with Crippen LogP contribution >= 0.6 is 15.9 Å². The van der Waals surface area contributed by atoms with Gasteiger partial charge in [0.25, 0.3) is 5.91 Å². The van der Waals surface area contributed by atoms with Crippen LogP contribution in [0.15, 0.2) is 82.9 Å². The molecule has 1 amide bonds. The van der Waals surface area contributed by atoms with Gasteiger partial charge in [-0.1, -0.05) is 54.1 Å². The lowest BCUT2D eigenvalue weighted by atomic mass is 10.1. The second-order valence-electron chi connectivity index (χ2n) is 7.32. The van der Waals surface area contributed by atoms with Crippen molar-refractivity contribution in [3.8, 4) is 5.75 Å². The van der Waals surface area contributed by atoms with E-state index < -0.39 is 0 Å². The molecule has 150 valence electrons. The molecule has 4 rings (SSSR count). The number of methoxy groups -OCH3 is 1. The first-order valence-corrected chi connectivity index (χ1v) is 10.5. The first kappa shape index (κ1) is 20.2. The summed E-state index contributed by atoms with van der Waals surface area (Å²) in [5.74, 6) is 0.722. The van der Waals surface area contributed by atoms with Crippen LogP contribution in [0.1, 0.15) is 22.3 Å². The number of carbonyl (C=O) groups excluding carboxylic acids is 1. The fourth-order valence-electron chi connectivity index (χ4n) is 3.68. The molecule has 0 fully saturated rings. The maximum Gasteiger partial charge on any atom is 0.262 e. The number of hydrogen-bond donors (Lipinski definition) is 0. The summed E-state index contributed by atoms with van der Waals surface area (Å²) in [5, 5.41) is 0. The summed E-state index contributed by atoms with van der Waals surface area (Å²) in [7, 11) is 1.63. The first-order chi connectivity index (χ1) is 14.5. The van der Waals surface area contributed by atoms with Gasteiger partial charge in [-0.25, -0.2) is 0 Å². The molecule has 1 heterocycles. The molecule has 4 heteroatoms. The Morgan fingerprint density at radius 3 is 2.40 bits per heavy atom. The van der Waals surface area contributed by atoms with Gasteiger partial charge in [-0.05, 0) is 76.8 Å². The molecule has 0 bridgehead atoms. The number of aryl methyl sites for hydroxylation is 2. The minimum atomic E-state index is -0.0345. The number of amides is 1. The average molecular weight is 460 g/mol. The van der Waals surface area contributed by atoms with Crippen LogP contribution in [0, 0.1) is 13.8 Å². The maximum atomic E-state index is 13.5. The van der Waals surface area contributed by atoms with E-state index in [4.69, 9.17) is 4.74 Å². The Labute approximate surface area is 185 Å². The second-order valence-corrected chi connectivity index (χ2v) is 8.17. The number of ether oxygens (including phenoxy) is 1. The van der Waals surface area contributed by atoms with E-state index in [1.807, 2.05) is 84.6 Å². The third kappa shape index (κ3) is 3.83. The number of nitrogens with zero attached hydrogens (tertiary/aromatic N) is 1. The fourth-order valence-corrected chi connectivity index (χ4v) is 4.24. The molecule has 3 nitrogen and oxygen atoms in total. The predicted molar refractivity (Wildman–Crippen MR) is 126 cm³/mol.